The molecule has 0 saturated carbocycles. The Hall–Kier alpha value is -0.920. The SMILES string of the molecule is COC(=O)[C@H](CC(C)C)NS(=O)(=O)c1ccccc1Br. The number of methoxy groups -OCH3 is 1. The van der Waals surface area contributed by atoms with Crippen molar-refractivity contribution >= 4 is 31.9 Å². The molecule has 112 valence electrons. The summed E-state index contributed by atoms with van der Waals surface area (Å²) < 4.78 is 32.1. The Kier molecular flexibility index (Phi) is 6.16. The van der Waals surface area contributed by atoms with E-state index in [2.05, 4.69) is 25.4 Å². The fourth-order valence-corrected chi connectivity index (χ4v) is 3.92. The van der Waals surface area contributed by atoms with Gasteiger partial charge in [0.15, 0.2) is 0 Å². The van der Waals surface area contributed by atoms with Gasteiger partial charge in [-0.2, -0.15) is 4.72 Å². The Labute approximate surface area is 127 Å². The molecule has 0 aliphatic rings. The molecule has 1 aromatic rings. The average Bonchev–Trinajstić information content (AvgIpc) is 2.36. The Morgan fingerprint density at radius 2 is 1.95 bits per heavy atom. The summed E-state index contributed by atoms with van der Waals surface area (Å²) in [5, 5.41) is 0. The zero-order valence-electron chi connectivity index (χ0n) is 11.6. The molecule has 0 aliphatic carbocycles. The second-order valence-corrected chi connectivity index (χ2v) is 7.29. The van der Waals surface area contributed by atoms with Crippen molar-refractivity contribution in [1.29, 1.82) is 0 Å². The highest BCUT2D eigenvalue weighted by Crippen LogP contribution is 2.22. The van der Waals surface area contributed by atoms with Crippen molar-refractivity contribution in [2.75, 3.05) is 7.11 Å². The minimum absolute atomic E-state index is 0.0951. The number of benzene rings is 1. The van der Waals surface area contributed by atoms with Crippen molar-refractivity contribution in [3.63, 3.8) is 0 Å². The topological polar surface area (TPSA) is 72.5 Å². The Morgan fingerprint density at radius 3 is 2.45 bits per heavy atom. The molecule has 0 aliphatic heterocycles. The van der Waals surface area contributed by atoms with E-state index in [9.17, 15) is 13.2 Å². The zero-order valence-corrected chi connectivity index (χ0v) is 14.0. The van der Waals surface area contributed by atoms with E-state index in [1.807, 2.05) is 13.8 Å². The van der Waals surface area contributed by atoms with Gasteiger partial charge < -0.3 is 4.74 Å². The number of halogens is 1. The van der Waals surface area contributed by atoms with Crippen LogP contribution in [-0.2, 0) is 19.6 Å². The molecule has 0 radical (unpaired) electrons. The molecule has 1 N–H and O–H groups in total. The van der Waals surface area contributed by atoms with Crippen LogP contribution in [0.25, 0.3) is 0 Å². The van der Waals surface area contributed by atoms with Crippen molar-refractivity contribution in [3.05, 3.63) is 28.7 Å². The van der Waals surface area contributed by atoms with Gasteiger partial charge in [0.05, 0.1) is 12.0 Å². The van der Waals surface area contributed by atoms with Gasteiger partial charge in [-0.05, 0) is 40.4 Å². The number of esters is 1. The Balaban J connectivity index is 3.03. The minimum Gasteiger partial charge on any atom is -0.468 e. The van der Waals surface area contributed by atoms with Gasteiger partial charge in [0, 0.05) is 4.47 Å². The summed E-state index contributed by atoms with van der Waals surface area (Å²) in [6.45, 7) is 3.81. The lowest BCUT2D eigenvalue weighted by molar-refractivity contribution is -0.143. The summed E-state index contributed by atoms with van der Waals surface area (Å²) >= 11 is 3.19. The third-order valence-electron chi connectivity index (χ3n) is 2.62. The van der Waals surface area contributed by atoms with Gasteiger partial charge in [0.25, 0.3) is 0 Å². The van der Waals surface area contributed by atoms with Gasteiger partial charge in [0.2, 0.25) is 10.0 Å². The normalized spacial score (nSPS) is 13.2. The van der Waals surface area contributed by atoms with Gasteiger partial charge in [-0.15, -0.1) is 0 Å². The summed E-state index contributed by atoms with van der Waals surface area (Å²) in [5.41, 5.74) is 0. The van der Waals surface area contributed by atoms with Crippen LogP contribution in [0.2, 0.25) is 0 Å². The molecule has 0 bridgehead atoms. The van der Waals surface area contributed by atoms with Crippen LogP contribution in [0.15, 0.2) is 33.6 Å². The van der Waals surface area contributed by atoms with Gasteiger partial charge in [-0.25, -0.2) is 8.42 Å². The van der Waals surface area contributed by atoms with Crippen LogP contribution < -0.4 is 4.72 Å². The lowest BCUT2D eigenvalue weighted by Gasteiger charge is -2.18. The van der Waals surface area contributed by atoms with Gasteiger partial charge in [-0.3, -0.25) is 4.79 Å². The Bertz CT molecular complexity index is 571. The first kappa shape index (κ1) is 17.1. The van der Waals surface area contributed by atoms with Crippen LogP contribution in [-0.4, -0.2) is 27.5 Å². The number of carbonyl (C=O) groups is 1. The van der Waals surface area contributed by atoms with Gasteiger partial charge in [-0.1, -0.05) is 26.0 Å². The molecular weight excluding hydrogens is 346 g/mol. The fraction of sp³-hybridized carbons (Fsp3) is 0.462. The van der Waals surface area contributed by atoms with E-state index in [1.54, 1.807) is 18.2 Å². The predicted molar refractivity (Wildman–Crippen MR) is 79.7 cm³/mol. The first-order valence-electron chi connectivity index (χ1n) is 6.12. The molecule has 0 aromatic heterocycles. The van der Waals surface area contributed by atoms with Crippen molar-refractivity contribution in [1.82, 2.24) is 4.72 Å². The third kappa shape index (κ3) is 4.57. The summed E-state index contributed by atoms with van der Waals surface area (Å²) in [6, 6.07) is 5.54. The maximum atomic E-state index is 12.3. The molecule has 0 spiro atoms. The molecule has 5 nitrogen and oxygen atoms in total. The van der Waals surface area contributed by atoms with Crippen molar-refractivity contribution < 1.29 is 17.9 Å². The largest absolute Gasteiger partial charge is 0.468 e. The first-order valence-corrected chi connectivity index (χ1v) is 8.40. The van der Waals surface area contributed by atoms with E-state index in [-0.39, 0.29) is 10.8 Å². The quantitative estimate of drug-likeness (QED) is 0.787. The van der Waals surface area contributed by atoms with Crippen LogP contribution in [0, 0.1) is 5.92 Å². The summed E-state index contributed by atoms with van der Waals surface area (Å²) in [7, 11) is -2.55. The van der Waals surface area contributed by atoms with Crippen LogP contribution in [0.1, 0.15) is 20.3 Å². The van der Waals surface area contributed by atoms with E-state index in [0.29, 0.717) is 10.9 Å². The molecule has 1 aromatic carbocycles. The monoisotopic (exact) mass is 363 g/mol. The second kappa shape index (κ2) is 7.19. The fourth-order valence-electron chi connectivity index (χ4n) is 1.72. The van der Waals surface area contributed by atoms with E-state index in [1.165, 1.54) is 13.2 Å². The summed E-state index contributed by atoms with van der Waals surface area (Å²) in [4.78, 5) is 11.8. The van der Waals surface area contributed by atoms with Crippen molar-refractivity contribution in [2.24, 2.45) is 5.92 Å². The number of hydrogen-bond acceptors (Lipinski definition) is 4. The van der Waals surface area contributed by atoms with Crippen LogP contribution in [0.5, 0.6) is 0 Å². The molecule has 0 amide bonds. The van der Waals surface area contributed by atoms with E-state index in [4.69, 9.17) is 0 Å². The van der Waals surface area contributed by atoms with Gasteiger partial charge in [0.1, 0.15) is 6.04 Å². The predicted octanol–water partition coefficient (Wildman–Crippen LogP) is 2.32. The van der Waals surface area contributed by atoms with E-state index >= 15 is 0 Å². The molecule has 0 heterocycles. The minimum atomic E-state index is -3.79. The van der Waals surface area contributed by atoms with Gasteiger partial charge >= 0.3 is 5.97 Å². The molecule has 1 rings (SSSR count). The highest BCUT2D eigenvalue weighted by atomic mass is 79.9. The third-order valence-corrected chi connectivity index (χ3v) is 5.10. The van der Waals surface area contributed by atoms with E-state index < -0.39 is 22.0 Å². The molecule has 1 atom stereocenters. The Morgan fingerprint density at radius 1 is 1.35 bits per heavy atom. The molecule has 7 heteroatoms. The van der Waals surface area contributed by atoms with Crippen LogP contribution in [0.4, 0.5) is 0 Å². The molecule has 0 unspecified atom stereocenters. The zero-order chi connectivity index (χ0) is 15.3. The number of rotatable bonds is 6. The van der Waals surface area contributed by atoms with Crippen LogP contribution >= 0.6 is 15.9 Å². The van der Waals surface area contributed by atoms with E-state index in [0.717, 1.165) is 0 Å². The number of carbonyl (C=O) groups excluding carboxylic acids is 1. The maximum absolute atomic E-state index is 12.3. The number of nitrogens with one attached hydrogen (secondary N) is 1. The highest BCUT2D eigenvalue weighted by Gasteiger charge is 2.28. The maximum Gasteiger partial charge on any atom is 0.323 e. The smallest absolute Gasteiger partial charge is 0.323 e. The van der Waals surface area contributed by atoms with Crippen LogP contribution in [0.3, 0.4) is 0 Å². The number of hydrogen-bond donors (Lipinski definition) is 1. The standard InChI is InChI=1S/C13H18BrNO4S/c1-9(2)8-11(13(16)19-3)15-20(17,18)12-7-5-4-6-10(12)14/h4-7,9,11,15H,8H2,1-3H3/t11-/m0/s1. The number of ether oxygens (including phenoxy) is 1. The molecule has 20 heavy (non-hydrogen) atoms. The lowest BCUT2D eigenvalue weighted by atomic mass is 10.1. The highest BCUT2D eigenvalue weighted by molar-refractivity contribution is 9.10. The molecule has 0 fully saturated rings. The molecule has 0 saturated heterocycles. The summed E-state index contributed by atoms with van der Waals surface area (Å²) in [6.07, 6.45) is 0.371. The second-order valence-electron chi connectivity index (χ2n) is 4.76. The lowest BCUT2D eigenvalue weighted by Crippen LogP contribution is -2.42. The first-order chi connectivity index (χ1) is 9.27. The van der Waals surface area contributed by atoms with Crippen molar-refractivity contribution in [2.45, 2.75) is 31.2 Å². The molecular formula is C13H18BrNO4S. The van der Waals surface area contributed by atoms with Crippen molar-refractivity contribution in [3.8, 4) is 0 Å². The number of sulfonamides is 1. The summed E-state index contributed by atoms with van der Waals surface area (Å²) in [5.74, 6) is -0.435. The average molecular weight is 364 g/mol.